The zero-order valence-electron chi connectivity index (χ0n) is 10.1. The van der Waals surface area contributed by atoms with Crippen LogP contribution in [0.4, 0.5) is 4.39 Å². The minimum atomic E-state index is -0.835. The zero-order chi connectivity index (χ0) is 13.4. The van der Waals surface area contributed by atoms with Crippen molar-refractivity contribution in [2.45, 2.75) is 12.5 Å². The summed E-state index contributed by atoms with van der Waals surface area (Å²) >= 11 is 3.23. The lowest BCUT2D eigenvalue weighted by Crippen LogP contribution is -2.01. The Morgan fingerprint density at radius 1 is 1.16 bits per heavy atom. The molecule has 0 aliphatic carbocycles. The van der Waals surface area contributed by atoms with Crippen LogP contribution in [0.1, 0.15) is 22.8 Å². The number of ether oxygens (including phenoxy) is 1. The molecule has 19 heavy (non-hydrogen) atoms. The van der Waals surface area contributed by atoms with Gasteiger partial charge >= 0.3 is 0 Å². The Balaban J connectivity index is 1.97. The summed E-state index contributed by atoms with van der Waals surface area (Å²) in [5.41, 5.74) is 2.37. The zero-order valence-corrected chi connectivity index (χ0v) is 11.7. The van der Waals surface area contributed by atoms with E-state index in [2.05, 4.69) is 15.9 Å². The number of hydrogen-bond acceptors (Lipinski definition) is 2. The summed E-state index contributed by atoms with van der Waals surface area (Å²) < 4.78 is 19.4. The van der Waals surface area contributed by atoms with Crippen LogP contribution >= 0.6 is 15.9 Å². The van der Waals surface area contributed by atoms with Gasteiger partial charge in [0.15, 0.2) is 0 Å². The molecule has 1 atom stereocenters. The van der Waals surface area contributed by atoms with E-state index >= 15 is 0 Å². The molecule has 4 heteroatoms. The number of aliphatic hydroxyl groups excluding tert-OH is 1. The maximum Gasteiger partial charge on any atom is 0.124 e. The van der Waals surface area contributed by atoms with Gasteiger partial charge in [-0.1, -0.05) is 22.0 Å². The summed E-state index contributed by atoms with van der Waals surface area (Å²) in [7, 11) is 0. The van der Waals surface area contributed by atoms with Crippen molar-refractivity contribution in [3.05, 3.63) is 63.4 Å². The first-order chi connectivity index (χ1) is 9.13. The van der Waals surface area contributed by atoms with Crippen molar-refractivity contribution in [2.24, 2.45) is 0 Å². The molecule has 0 spiro atoms. The highest BCUT2D eigenvalue weighted by Gasteiger charge is 2.17. The van der Waals surface area contributed by atoms with Gasteiger partial charge in [0.05, 0.1) is 6.61 Å². The predicted molar refractivity (Wildman–Crippen MR) is 73.8 cm³/mol. The van der Waals surface area contributed by atoms with Gasteiger partial charge in [-0.2, -0.15) is 0 Å². The van der Waals surface area contributed by atoms with Crippen LogP contribution < -0.4 is 4.74 Å². The normalized spacial score (nSPS) is 14.9. The molecule has 2 nitrogen and oxygen atoms in total. The van der Waals surface area contributed by atoms with E-state index in [1.807, 2.05) is 18.2 Å². The molecule has 0 fully saturated rings. The minimum absolute atomic E-state index is 0.368. The summed E-state index contributed by atoms with van der Waals surface area (Å²) in [6.07, 6.45) is 0.0147. The Morgan fingerprint density at radius 3 is 2.79 bits per heavy atom. The molecule has 0 aromatic heterocycles. The Labute approximate surface area is 119 Å². The third kappa shape index (κ3) is 2.51. The molecule has 1 unspecified atom stereocenters. The molecule has 98 valence electrons. The molecule has 3 rings (SSSR count). The van der Waals surface area contributed by atoms with Crippen molar-refractivity contribution in [1.29, 1.82) is 0 Å². The summed E-state index contributed by atoms with van der Waals surface area (Å²) in [6.45, 7) is 0.681. The van der Waals surface area contributed by atoms with Gasteiger partial charge in [-0.25, -0.2) is 4.39 Å². The summed E-state index contributed by atoms with van der Waals surface area (Å²) in [5, 5.41) is 10.3. The van der Waals surface area contributed by atoms with Crippen molar-refractivity contribution < 1.29 is 14.2 Å². The quantitative estimate of drug-likeness (QED) is 0.915. The van der Waals surface area contributed by atoms with Gasteiger partial charge < -0.3 is 9.84 Å². The van der Waals surface area contributed by atoms with E-state index in [-0.39, 0.29) is 5.82 Å². The van der Waals surface area contributed by atoms with Crippen LogP contribution in [0.25, 0.3) is 0 Å². The average molecular weight is 323 g/mol. The number of benzene rings is 2. The van der Waals surface area contributed by atoms with Gasteiger partial charge in [-0.3, -0.25) is 0 Å². The first-order valence-corrected chi connectivity index (χ1v) is 6.82. The number of halogens is 2. The van der Waals surface area contributed by atoms with Crippen LogP contribution in [0.2, 0.25) is 0 Å². The van der Waals surface area contributed by atoms with Gasteiger partial charge in [-0.15, -0.1) is 0 Å². The molecule has 1 N–H and O–H groups in total. The van der Waals surface area contributed by atoms with Crippen molar-refractivity contribution in [3.63, 3.8) is 0 Å². The van der Waals surface area contributed by atoms with Crippen LogP contribution in [0.5, 0.6) is 5.75 Å². The van der Waals surface area contributed by atoms with Gasteiger partial charge in [0.1, 0.15) is 17.7 Å². The van der Waals surface area contributed by atoms with E-state index in [0.29, 0.717) is 16.6 Å². The number of fused-ring (bicyclic) bond motifs is 1. The van der Waals surface area contributed by atoms with E-state index in [1.165, 1.54) is 12.1 Å². The third-order valence-corrected chi connectivity index (χ3v) is 3.69. The molecule has 1 aliphatic heterocycles. The second-order valence-electron chi connectivity index (χ2n) is 4.57. The van der Waals surface area contributed by atoms with Crippen molar-refractivity contribution >= 4 is 15.9 Å². The standard InChI is InChI=1S/C15H12BrFO2/c16-12-6-11(7-13(17)8-12)15(18)10-1-2-14-9(5-10)3-4-19-14/h1-2,5-8,15,18H,3-4H2. The van der Waals surface area contributed by atoms with E-state index < -0.39 is 6.10 Å². The lowest BCUT2D eigenvalue weighted by Gasteiger charge is -2.13. The van der Waals surface area contributed by atoms with Crippen molar-refractivity contribution in [1.82, 2.24) is 0 Å². The Bertz CT molecular complexity index is 607. The fourth-order valence-corrected chi connectivity index (χ4v) is 2.79. The average Bonchev–Trinajstić information content (AvgIpc) is 2.83. The van der Waals surface area contributed by atoms with Crippen molar-refractivity contribution in [3.8, 4) is 5.75 Å². The SMILES string of the molecule is OC(c1cc(F)cc(Br)c1)c1ccc2c(c1)CCO2. The molecule has 2 aromatic carbocycles. The fourth-order valence-electron chi connectivity index (χ4n) is 2.30. The molecule has 0 amide bonds. The molecule has 0 saturated carbocycles. The highest BCUT2D eigenvalue weighted by molar-refractivity contribution is 9.10. The number of hydrogen-bond donors (Lipinski definition) is 1. The molecule has 2 aromatic rings. The summed E-state index contributed by atoms with van der Waals surface area (Å²) in [4.78, 5) is 0. The highest BCUT2D eigenvalue weighted by atomic mass is 79.9. The van der Waals surface area contributed by atoms with E-state index in [0.717, 1.165) is 23.3 Å². The molecular formula is C15H12BrFO2. The smallest absolute Gasteiger partial charge is 0.124 e. The van der Waals surface area contributed by atoms with Gasteiger partial charge in [0, 0.05) is 10.9 Å². The van der Waals surface area contributed by atoms with E-state index in [4.69, 9.17) is 4.74 Å². The summed E-state index contributed by atoms with van der Waals surface area (Å²) in [5.74, 6) is 0.504. The Kier molecular flexibility index (Phi) is 3.29. The highest BCUT2D eigenvalue weighted by Crippen LogP contribution is 2.31. The largest absolute Gasteiger partial charge is 0.493 e. The van der Waals surface area contributed by atoms with Crippen molar-refractivity contribution in [2.75, 3.05) is 6.61 Å². The Morgan fingerprint density at radius 2 is 2.00 bits per heavy atom. The predicted octanol–water partition coefficient (Wildman–Crippen LogP) is 3.60. The second kappa shape index (κ2) is 4.94. The van der Waals surface area contributed by atoms with E-state index in [1.54, 1.807) is 6.07 Å². The first kappa shape index (κ1) is 12.6. The molecule has 1 heterocycles. The van der Waals surface area contributed by atoms with Gasteiger partial charge in [-0.05, 0) is 47.0 Å². The first-order valence-electron chi connectivity index (χ1n) is 6.03. The van der Waals surface area contributed by atoms with Crippen LogP contribution in [-0.4, -0.2) is 11.7 Å². The molecule has 0 bridgehead atoms. The lowest BCUT2D eigenvalue weighted by molar-refractivity contribution is 0.219. The maximum atomic E-state index is 13.4. The minimum Gasteiger partial charge on any atom is -0.493 e. The van der Waals surface area contributed by atoms with Crippen LogP contribution in [0.15, 0.2) is 40.9 Å². The second-order valence-corrected chi connectivity index (χ2v) is 5.49. The number of rotatable bonds is 2. The topological polar surface area (TPSA) is 29.5 Å². The molecular weight excluding hydrogens is 311 g/mol. The number of aliphatic hydroxyl groups is 1. The van der Waals surface area contributed by atoms with E-state index in [9.17, 15) is 9.50 Å². The summed E-state index contributed by atoms with van der Waals surface area (Å²) in [6, 6.07) is 10.0. The van der Waals surface area contributed by atoms with Gasteiger partial charge in [0.2, 0.25) is 0 Å². The maximum absolute atomic E-state index is 13.4. The Hall–Kier alpha value is -1.39. The monoisotopic (exact) mass is 322 g/mol. The van der Waals surface area contributed by atoms with Crippen LogP contribution in [-0.2, 0) is 6.42 Å². The van der Waals surface area contributed by atoms with Crippen LogP contribution in [0.3, 0.4) is 0 Å². The molecule has 0 saturated heterocycles. The third-order valence-electron chi connectivity index (χ3n) is 3.23. The van der Waals surface area contributed by atoms with Gasteiger partial charge in [0.25, 0.3) is 0 Å². The fraction of sp³-hybridized carbons (Fsp3) is 0.200. The molecule has 1 aliphatic rings. The lowest BCUT2D eigenvalue weighted by atomic mass is 9.99. The molecule has 0 radical (unpaired) electrons. The van der Waals surface area contributed by atoms with Crippen LogP contribution in [0, 0.1) is 5.82 Å².